The lowest BCUT2D eigenvalue weighted by Gasteiger charge is -2.24. The molecule has 0 radical (unpaired) electrons. The Balaban J connectivity index is 1.64. The van der Waals surface area contributed by atoms with Crippen molar-refractivity contribution >= 4 is 22.7 Å². The Morgan fingerprint density at radius 1 is 0.444 bits per heavy atom. The molecule has 0 N–H and O–H groups in total. The van der Waals surface area contributed by atoms with Crippen LogP contribution in [0.1, 0.15) is 0 Å². The molecule has 0 atom stereocenters. The summed E-state index contributed by atoms with van der Waals surface area (Å²) in [5.74, 6) is 0. The molecule has 0 aliphatic carbocycles. The van der Waals surface area contributed by atoms with Gasteiger partial charge in [-0.1, -0.05) is 78.9 Å². The molecule has 0 saturated carbocycles. The Morgan fingerprint density at radius 2 is 0.963 bits per heavy atom. The minimum atomic E-state index is 0.799. The number of rotatable bonds is 3. The van der Waals surface area contributed by atoms with Gasteiger partial charge in [0.1, 0.15) is 6.67 Å². The van der Waals surface area contributed by atoms with Crippen LogP contribution < -0.4 is 9.80 Å². The van der Waals surface area contributed by atoms with Crippen molar-refractivity contribution in [3.63, 3.8) is 0 Å². The summed E-state index contributed by atoms with van der Waals surface area (Å²) in [5, 5.41) is 0. The van der Waals surface area contributed by atoms with Gasteiger partial charge in [-0.25, -0.2) is 0 Å². The summed E-state index contributed by atoms with van der Waals surface area (Å²) in [5.41, 5.74) is 7.42. The first-order valence-electron chi connectivity index (χ1n) is 9.25. The van der Waals surface area contributed by atoms with Gasteiger partial charge in [-0.05, 0) is 35.9 Å². The predicted molar refractivity (Wildman–Crippen MR) is 114 cm³/mol. The van der Waals surface area contributed by atoms with Crippen LogP contribution in [0.25, 0.3) is 11.1 Å². The molecular formula is C25H20N2. The predicted octanol–water partition coefficient (Wildman–Crippen LogP) is 6.60. The largest absolute Gasteiger partial charge is 0.321 e. The van der Waals surface area contributed by atoms with Crippen molar-refractivity contribution in [1.29, 1.82) is 0 Å². The van der Waals surface area contributed by atoms with E-state index >= 15 is 0 Å². The molecule has 0 spiro atoms. The zero-order valence-electron chi connectivity index (χ0n) is 15.0. The van der Waals surface area contributed by atoms with E-state index in [-0.39, 0.29) is 0 Å². The molecule has 2 heteroatoms. The lowest BCUT2D eigenvalue weighted by Crippen LogP contribution is -2.24. The minimum absolute atomic E-state index is 0.799. The Hall–Kier alpha value is -3.52. The minimum Gasteiger partial charge on any atom is -0.321 e. The van der Waals surface area contributed by atoms with Crippen LogP contribution in [0.15, 0.2) is 109 Å². The molecule has 0 bridgehead atoms. The van der Waals surface area contributed by atoms with E-state index in [2.05, 4.69) is 119 Å². The third-order valence-corrected chi connectivity index (χ3v) is 5.09. The Bertz CT molecular complexity index is 1060. The first-order chi connectivity index (χ1) is 13.4. The molecule has 4 aromatic rings. The van der Waals surface area contributed by atoms with Gasteiger partial charge in [0, 0.05) is 11.3 Å². The molecule has 1 aliphatic heterocycles. The highest BCUT2D eigenvalue weighted by Crippen LogP contribution is 2.46. The summed E-state index contributed by atoms with van der Waals surface area (Å²) in [4.78, 5) is 4.78. The molecule has 130 valence electrons. The van der Waals surface area contributed by atoms with Gasteiger partial charge in [-0.2, -0.15) is 0 Å². The van der Waals surface area contributed by atoms with E-state index in [1.807, 2.05) is 0 Å². The maximum absolute atomic E-state index is 2.41. The normalized spacial score (nSPS) is 12.9. The first-order valence-corrected chi connectivity index (χ1v) is 9.25. The van der Waals surface area contributed by atoms with Crippen molar-refractivity contribution in [3.8, 4) is 11.1 Å². The van der Waals surface area contributed by atoms with Crippen LogP contribution in [-0.4, -0.2) is 6.67 Å². The molecule has 5 rings (SSSR count). The van der Waals surface area contributed by atoms with Gasteiger partial charge < -0.3 is 9.80 Å². The Morgan fingerprint density at radius 3 is 1.67 bits per heavy atom. The first kappa shape index (κ1) is 15.7. The van der Waals surface area contributed by atoms with Crippen LogP contribution in [0.2, 0.25) is 0 Å². The topological polar surface area (TPSA) is 6.48 Å². The maximum Gasteiger partial charge on any atom is 0.100 e. The van der Waals surface area contributed by atoms with E-state index in [0.717, 1.165) is 6.67 Å². The van der Waals surface area contributed by atoms with E-state index < -0.39 is 0 Å². The molecule has 2 nitrogen and oxygen atoms in total. The maximum atomic E-state index is 2.41. The fraction of sp³-hybridized carbons (Fsp3) is 0.0400. The molecule has 0 saturated heterocycles. The third kappa shape index (κ3) is 2.76. The van der Waals surface area contributed by atoms with Gasteiger partial charge in [0.2, 0.25) is 0 Å². The van der Waals surface area contributed by atoms with Crippen LogP contribution in [0, 0.1) is 0 Å². The second-order valence-electron chi connectivity index (χ2n) is 6.70. The lowest BCUT2D eigenvalue weighted by atomic mass is 10.0. The second kappa shape index (κ2) is 6.65. The molecule has 0 unspecified atom stereocenters. The third-order valence-electron chi connectivity index (χ3n) is 5.09. The van der Waals surface area contributed by atoms with Crippen molar-refractivity contribution in [2.75, 3.05) is 16.5 Å². The zero-order valence-corrected chi connectivity index (χ0v) is 15.0. The molecule has 1 heterocycles. The highest BCUT2D eigenvalue weighted by molar-refractivity contribution is 5.91. The summed E-state index contributed by atoms with van der Waals surface area (Å²) in [6.07, 6.45) is 0. The molecule has 1 aliphatic rings. The Kier molecular flexibility index (Phi) is 3.87. The van der Waals surface area contributed by atoms with Gasteiger partial charge in [0.15, 0.2) is 0 Å². The standard InChI is InChI=1S/C25H20N2/c1-3-11-20(12-4-1)22-15-7-8-16-23(22)27-19-26(21-13-5-2-6-14-21)24-17-9-10-18-25(24)27/h1-18H,19H2. The number of fused-ring (bicyclic) bond motifs is 1. The molecular weight excluding hydrogens is 328 g/mol. The number of hydrogen-bond acceptors (Lipinski definition) is 2. The molecule has 0 fully saturated rings. The van der Waals surface area contributed by atoms with Crippen LogP contribution in [0.5, 0.6) is 0 Å². The van der Waals surface area contributed by atoms with Crippen molar-refractivity contribution in [1.82, 2.24) is 0 Å². The summed E-state index contributed by atoms with van der Waals surface area (Å²) in [6, 6.07) is 38.5. The fourth-order valence-electron chi connectivity index (χ4n) is 3.82. The van der Waals surface area contributed by atoms with Gasteiger partial charge in [0.25, 0.3) is 0 Å². The molecule has 27 heavy (non-hydrogen) atoms. The average molecular weight is 348 g/mol. The quantitative estimate of drug-likeness (QED) is 0.411. The van der Waals surface area contributed by atoms with Gasteiger partial charge in [0.05, 0.1) is 17.1 Å². The van der Waals surface area contributed by atoms with Gasteiger partial charge in [-0.15, -0.1) is 0 Å². The van der Waals surface area contributed by atoms with E-state index in [1.54, 1.807) is 0 Å². The summed E-state index contributed by atoms with van der Waals surface area (Å²) in [6.45, 7) is 0.799. The van der Waals surface area contributed by atoms with Crippen molar-refractivity contribution in [2.45, 2.75) is 0 Å². The number of hydrogen-bond donors (Lipinski definition) is 0. The highest BCUT2D eigenvalue weighted by Gasteiger charge is 2.28. The SMILES string of the molecule is c1ccc(-c2ccccc2N2CN(c3ccccc3)c3ccccc32)cc1. The summed E-state index contributed by atoms with van der Waals surface area (Å²) >= 11 is 0. The van der Waals surface area contributed by atoms with E-state index in [9.17, 15) is 0 Å². The van der Waals surface area contributed by atoms with Gasteiger partial charge >= 0.3 is 0 Å². The number of anilines is 4. The lowest BCUT2D eigenvalue weighted by molar-refractivity contribution is 0.992. The fourth-order valence-corrected chi connectivity index (χ4v) is 3.82. The number of para-hydroxylation sites is 4. The number of benzene rings is 4. The van der Waals surface area contributed by atoms with Crippen LogP contribution in [0.4, 0.5) is 22.7 Å². The summed E-state index contributed by atoms with van der Waals surface area (Å²) < 4.78 is 0. The summed E-state index contributed by atoms with van der Waals surface area (Å²) in [7, 11) is 0. The number of nitrogens with zero attached hydrogens (tertiary/aromatic N) is 2. The monoisotopic (exact) mass is 348 g/mol. The van der Waals surface area contributed by atoms with Crippen LogP contribution in [-0.2, 0) is 0 Å². The van der Waals surface area contributed by atoms with Crippen molar-refractivity contribution in [2.24, 2.45) is 0 Å². The highest BCUT2D eigenvalue weighted by atomic mass is 15.4. The smallest absolute Gasteiger partial charge is 0.100 e. The van der Waals surface area contributed by atoms with Gasteiger partial charge in [-0.3, -0.25) is 0 Å². The molecule has 4 aromatic carbocycles. The zero-order chi connectivity index (χ0) is 18.1. The van der Waals surface area contributed by atoms with Crippen molar-refractivity contribution < 1.29 is 0 Å². The second-order valence-corrected chi connectivity index (χ2v) is 6.70. The van der Waals surface area contributed by atoms with Crippen molar-refractivity contribution in [3.05, 3.63) is 109 Å². The van der Waals surface area contributed by atoms with E-state index in [4.69, 9.17) is 0 Å². The van der Waals surface area contributed by atoms with E-state index in [1.165, 1.54) is 33.9 Å². The molecule has 0 amide bonds. The van der Waals surface area contributed by atoms with E-state index in [0.29, 0.717) is 0 Å². The van der Waals surface area contributed by atoms with Crippen LogP contribution >= 0.6 is 0 Å². The average Bonchev–Trinajstić information content (AvgIpc) is 3.15. The molecule has 0 aromatic heterocycles. The van der Waals surface area contributed by atoms with Crippen LogP contribution in [0.3, 0.4) is 0 Å². The Labute approximate surface area is 159 Å².